The van der Waals surface area contributed by atoms with Crippen LogP contribution in [0, 0.1) is 13.8 Å². The van der Waals surface area contributed by atoms with Crippen molar-refractivity contribution in [1.29, 1.82) is 0 Å². The highest BCUT2D eigenvalue weighted by atomic mass is 32.2. The molecule has 7 nitrogen and oxygen atoms in total. The summed E-state index contributed by atoms with van der Waals surface area (Å²) in [6.07, 6.45) is 5.68. The third-order valence-electron chi connectivity index (χ3n) is 6.17. The number of benzene rings is 1. The quantitative estimate of drug-likeness (QED) is 0.558. The molecule has 2 N–H and O–H groups in total. The van der Waals surface area contributed by atoms with Crippen molar-refractivity contribution < 1.29 is 4.79 Å². The predicted molar refractivity (Wildman–Crippen MR) is 128 cm³/mol. The Morgan fingerprint density at radius 1 is 1.03 bits per heavy atom. The van der Waals surface area contributed by atoms with Crippen molar-refractivity contribution in [2.45, 2.75) is 44.6 Å². The molecule has 0 spiro atoms. The van der Waals surface area contributed by atoms with Crippen LogP contribution in [0.1, 0.15) is 41.0 Å². The van der Waals surface area contributed by atoms with E-state index in [1.54, 1.807) is 6.20 Å². The maximum atomic E-state index is 12.4. The minimum atomic E-state index is -0.0157. The number of nitrogens with zero attached hydrogens (tertiary/aromatic N) is 4. The van der Waals surface area contributed by atoms with E-state index in [1.807, 2.05) is 24.9 Å². The third kappa shape index (κ3) is 4.12. The van der Waals surface area contributed by atoms with Crippen molar-refractivity contribution >= 4 is 29.5 Å². The highest BCUT2D eigenvalue weighted by molar-refractivity contribution is 7.97. The van der Waals surface area contributed by atoms with Gasteiger partial charge in [0.2, 0.25) is 5.95 Å². The molecular weight excluding hydrogens is 420 g/mol. The zero-order valence-electron chi connectivity index (χ0n) is 18.5. The van der Waals surface area contributed by atoms with E-state index < -0.39 is 0 Å². The lowest BCUT2D eigenvalue weighted by molar-refractivity contribution is 0.0926. The number of amides is 1. The number of fused-ring (bicyclic) bond motifs is 1. The predicted octanol–water partition coefficient (Wildman–Crippen LogP) is 4.54. The lowest BCUT2D eigenvalue weighted by Crippen LogP contribution is -2.35. The van der Waals surface area contributed by atoms with Crippen molar-refractivity contribution in [3.05, 3.63) is 53.5 Å². The number of carbonyl (C=O) groups excluding carboxylic acids is 1. The van der Waals surface area contributed by atoms with Crippen LogP contribution in [0.3, 0.4) is 0 Å². The molecule has 0 aliphatic carbocycles. The van der Waals surface area contributed by atoms with Crippen LogP contribution in [0.2, 0.25) is 0 Å². The maximum Gasteiger partial charge on any atom is 0.268 e. The number of anilines is 2. The number of hydrogen-bond acceptors (Lipinski definition) is 6. The van der Waals surface area contributed by atoms with Crippen LogP contribution in [0.4, 0.5) is 11.6 Å². The van der Waals surface area contributed by atoms with Crippen molar-refractivity contribution in [3.63, 3.8) is 0 Å². The van der Waals surface area contributed by atoms with E-state index in [2.05, 4.69) is 55.7 Å². The van der Waals surface area contributed by atoms with Gasteiger partial charge in [-0.25, -0.2) is 14.3 Å². The van der Waals surface area contributed by atoms with Crippen LogP contribution in [0.15, 0.2) is 41.4 Å². The van der Waals surface area contributed by atoms with Crippen molar-refractivity contribution in [1.82, 2.24) is 24.2 Å². The molecule has 0 unspecified atom stereocenters. The van der Waals surface area contributed by atoms with Gasteiger partial charge in [-0.05, 0) is 74.5 Å². The molecule has 166 valence electrons. The van der Waals surface area contributed by atoms with E-state index in [9.17, 15) is 4.79 Å². The summed E-state index contributed by atoms with van der Waals surface area (Å²) in [5.41, 5.74) is 5.55. The van der Waals surface area contributed by atoms with E-state index in [0.29, 0.717) is 12.5 Å². The molecule has 0 bridgehead atoms. The van der Waals surface area contributed by atoms with Crippen molar-refractivity contribution in [2.75, 3.05) is 25.0 Å². The molecule has 1 aromatic carbocycles. The van der Waals surface area contributed by atoms with Gasteiger partial charge < -0.3 is 15.2 Å². The van der Waals surface area contributed by atoms with E-state index in [4.69, 9.17) is 4.98 Å². The standard InChI is InChI=1S/C24H28N6OS/c1-16-21(17(2)30-15-12-25-23(31)22(16)30)20-10-11-26-24(28-20)27-18-6-8-19(9-7-18)32-29-13-4-3-5-14-29/h6-11H,3-5,12-15H2,1-2H3,(H,25,31)(H,26,27,28). The Hall–Kier alpha value is -2.84. The van der Waals surface area contributed by atoms with Gasteiger partial charge in [0.15, 0.2) is 0 Å². The Bertz CT molecular complexity index is 1130. The first-order chi connectivity index (χ1) is 15.6. The fraction of sp³-hybridized carbons (Fsp3) is 0.375. The largest absolute Gasteiger partial charge is 0.349 e. The summed E-state index contributed by atoms with van der Waals surface area (Å²) < 4.78 is 4.54. The lowest BCUT2D eigenvalue weighted by Gasteiger charge is -2.25. The fourth-order valence-corrected chi connectivity index (χ4v) is 5.60. The molecule has 0 atom stereocenters. The molecule has 1 amide bonds. The number of carbonyl (C=O) groups is 1. The zero-order chi connectivity index (χ0) is 22.1. The molecule has 8 heteroatoms. The number of rotatable bonds is 5. The Labute approximate surface area is 192 Å². The molecule has 1 saturated heterocycles. The van der Waals surface area contributed by atoms with Gasteiger partial charge in [-0.2, -0.15) is 0 Å². The second kappa shape index (κ2) is 8.96. The smallest absolute Gasteiger partial charge is 0.268 e. The summed E-state index contributed by atoms with van der Waals surface area (Å²) in [6.45, 7) is 7.81. The summed E-state index contributed by atoms with van der Waals surface area (Å²) in [5, 5.41) is 6.26. The SMILES string of the molecule is Cc1c(-c2ccnc(Nc3ccc(SN4CCCCC4)cc3)n2)c(C)n2c1C(=O)NCC2. The van der Waals surface area contributed by atoms with Crippen molar-refractivity contribution in [2.24, 2.45) is 0 Å². The van der Waals surface area contributed by atoms with Gasteiger partial charge in [0.1, 0.15) is 5.69 Å². The number of aromatic nitrogens is 3. The Balaban J connectivity index is 1.35. The number of nitrogens with one attached hydrogen (secondary N) is 2. The first kappa shape index (κ1) is 21.0. The minimum Gasteiger partial charge on any atom is -0.349 e. The van der Waals surface area contributed by atoms with Gasteiger partial charge in [0.25, 0.3) is 5.91 Å². The topological polar surface area (TPSA) is 75.1 Å². The van der Waals surface area contributed by atoms with Gasteiger partial charge in [-0.1, -0.05) is 6.42 Å². The van der Waals surface area contributed by atoms with E-state index in [-0.39, 0.29) is 5.91 Å². The minimum absolute atomic E-state index is 0.0157. The van der Waals surface area contributed by atoms with Gasteiger partial charge >= 0.3 is 0 Å². The Kier molecular flexibility index (Phi) is 5.89. The highest BCUT2D eigenvalue weighted by Gasteiger charge is 2.26. The molecule has 0 saturated carbocycles. The third-order valence-corrected chi connectivity index (χ3v) is 7.28. The normalized spacial score (nSPS) is 16.5. The van der Waals surface area contributed by atoms with Gasteiger partial charge in [-0.15, -0.1) is 0 Å². The molecule has 5 rings (SSSR count). The molecule has 3 aromatic rings. The number of piperidine rings is 1. The molecular formula is C24H28N6OS. The fourth-order valence-electron chi connectivity index (χ4n) is 4.60. The molecule has 2 aromatic heterocycles. The summed E-state index contributed by atoms with van der Waals surface area (Å²) in [6, 6.07) is 10.3. The van der Waals surface area contributed by atoms with Crippen LogP contribution in [0.5, 0.6) is 0 Å². The lowest BCUT2D eigenvalue weighted by atomic mass is 10.1. The second-order valence-corrected chi connectivity index (χ2v) is 9.51. The average Bonchev–Trinajstić information content (AvgIpc) is 3.07. The zero-order valence-corrected chi connectivity index (χ0v) is 19.3. The van der Waals surface area contributed by atoms with Crippen molar-refractivity contribution in [3.8, 4) is 11.3 Å². The summed E-state index contributed by atoms with van der Waals surface area (Å²) in [4.78, 5) is 22.8. The van der Waals surface area contributed by atoms with Crippen LogP contribution in [-0.2, 0) is 6.54 Å². The van der Waals surface area contributed by atoms with Crippen LogP contribution < -0.4 is 10.6 Å². The first-order valence-corrected chi connectivity index (χ1v) is 12.0. The van der Waals surface area contributed by atoms with Crippen LogP contribution in [-0.4, -0.2) is 44.4 Å². The van der Waals surface area contributed by atoms with Crippen LogP contribution >= 0.6 is 11.9 Å². The number of hydrogen-bond donors (Lipinski definition) is 2. The van der Waals surface area contributed by atoms with Gasteiger partial charge in [0, 0.05) is 54.2 Å². The summed E-state index contributed by atoms with van der Waals surface area (Å²) >= 11 is 1.83. The molecule has 0 radical (unpaired) electrons. The first-order valence-electron chi connectivity index (χ1n) is 11.2. The highest BCUT2D eigenvalue weighted by Crippen LogP contribution is 2.33. The van der Waals surface area contributed by atoms with E-state index in [1.165, 1.54) is 24.2 Å². The van der Waals surface area contributed by atoms with E-state index in [0.717, 1.165) is 53.5 Å². The van der Waals surface area contributed by atoms with E-state index >= 15 is 0 Å². The summed E-state index contributed by atoms with van der Waals surface area (Å²) in [7, 11) is 0. The van der Waals surface area contributed by atoms with Gasteiger partial charge in [-0.3, -0.25) is 4.79 Å². The molecule has 1 fully saturated rings. The molecule has 2 aliphatic rings. The Morgan fingerprint density at radius 3 is 2.56 bits per heavy atom. The van der Waals surface area contributed by atoms with Gasteiger partial charge in [0.05, 0.1) is 5.69 Å². The van der Waals surface area contributed by atoms with Crippen LogP contribution in [0.25, 0.3) is 11.3 Å². The molecule has 32 heavy (non-hydrogen) atoms. The molecule has 4 heterocycles. The maximum absolute atomic E-state index is 12.4. The monoisotopic (exact) mass is 448 g/mol. The molecule has 2 aliphatic heterocycles. The Morgan fingerprint density at radius 2 is 1.81 bits per heavy atom. The second-order valence-electron chi connectivity index (χ2n) is 8.34. The summed E-state index contributed by atoms with van der Waals surface area (Å²) in [5.74, 6) is 0.532. The average molecular weight is 449 g/mol.